The summed E-state index contributed by atoms with van der Waals surface area (Å²) >= 11 is 0. The van der Waals surface area contributed by atoms with Crippen molar-refractivity contribution in [3.63, 3.8) is 0 Å². The summed E-state index contributed by atoms with van der Waals surface area (Å²) in [5, 5.41) is 21.2. The monoisotopic (exact) mass is 923 g/mol. The van der Waals surface area contributed by atoms with Crippen LogP contribution in [0.5, 0.6) is 0 Å². The van der Waals surface area contributed by atoms with Crippen LogP contribution in [0.1, 0.15) is 239 Å². The van der Waals surface area contributed by atoms with Crippen LogP contribution < -0.4 is 11.5 Å². The highest BCUT2D eigenvalue weighted by atomic mass is 16.3. The van der Waals surface area contributed by atoms with Crippen molar-refractivity contribution in [1.29, 1.82) is 0 Å². The zero-order chi connectivity index (χ0) is 48.1. The number of nitrogens with zero attached hydrogens (tertiary/aromatic N) is 2. The maximum absolute atomic E-state index is 10.6. The van der Waals surface area contributed by atoms with E-state index in [0.717, 1.165) is 71.2 Å². The third-order valence-corrected chi connectivity index (χ3v) is 13.1. The van der Waals surface area contributed by atoms with Gasteiger partial charge < -0.3 is 31.5 Å². The first-order valence-corrected chi connectivity index (χ1v) is 28.6. The summed E-state index contributed by atoms with van der Waals surface area (Å²) in [7, 11) is 0. The molecule has 0 aliphatic heterocycles. The second-order valence-corrected chi connectivity index (χ2v) is 19.6. The van der Waals surface area contributed by atoms with E-state index in [2.05, 4.69) is 103 Å². The third kappa shape index (κ3) is 48.6. The summed E-state index contributed by atoms with van der Waals surface area (Å²) in [6, 6.07) is 0. The molecule has 0 aliphatic rings. The van der Waals surface area contributed by atoms with Gasteiger partial charge in [0.25, 0.3) is 0 Å². The Labute approximate surface area is 412 Å². The molecule has 0 aliphatic carbocycles. The highest BCUT2D eigenvalue weighted by Crippen LogP contribution is 2.22. The first-order chi connectivity index (χ1) is 32.5. The molecular weight excluding hydrogens is 809 g/mol. The number of hydrogen-bond acceptors (Lipinski definition) is 6. The van der Waals surface area contributed by atoms with Crippen LogP contribution in [0.2, 0.25) is 0 Å². The first-order valence-electron chi connectivity index (χ1n) is 28.6. The molecule has 0 spiro atoms. The molecule has 0 aromatic carbocycles. The molecule has 0 heterocycles. The third-order valence-electron chi connectivity index (χ3n) is 13.1. The molecule has 3 atom stereocenters. The molecule has 6 nitrogen and oxygen atoms in total. The number of aliphatic hydroxyl groups is 2. The molecule has 0 saturated heterocycles. The molecule has 6 N–H and O–H groups in total. The fraction of sp³-hybridized carbons (Fsp3) is 0.800. The molecule has 0 radical (unpaired) electrons. The second-order valence-electron chi connectivity index (χ2n) is 19.6. The zero-order valence-electron chi connectivity index (χ0n) is 44.3. The van der Waals surface area contributed by atoms with Crippen molar-refractivity contribution < 1.29 is 10.2 Å². The molecular formula is C60H114N4O2. The van der Waals surface area contributed by atoms with Crippen LogP contribution in [0.4, 0.5) is 0 Å². The lowest BCUT2D eigenvalue weighted by molar-refractivity contribution is 0.111. The highest BCUT2D eigenvalue weighted by molar-refractivity contribution is 4.94. The molecule has 0 amide bonds. The second kappa shape index (κ2) is 54.1. The van der Waals surface area contributed by atoms with Gasteiger partial charge in [-0.1, -0.05) is 184 Å². The Bertz CT molecular complexity index is 1130. The highest BCUT2D eigenvalue weighted by Gasteiger charge is 2.17. The Morgan fingerprint density at radius 1 is 0.348 bits per heavy atom. The Kier molecular flexibility index (Phi) is 52.7. The molecule has 0 fully saturated rings. The van der Waals surface area contributed by atoms with Gasteiger partial charge >= 0.3 is 0 Å². The Balaban J connectivity index is 5.07. The topological polar surface area (TPSA) is 99.0 Å². The van der Waals surface area contributed by atoms with Crippen LogP contribution in [0, 0.1) is 5.92 Å². The van der Waals surface area contributed by atoms with E-state index < -0.39 is 12.2 Å². The van der Waals surface area contributed by atoms with Gasteiger partial charge in [0.2, 0.25) is 0 Å². The average Bonchev–Trinajstić information content (AvgIpc) is 3.32. The van der Waals surface area contributed by atoms with Crippen LogP contribution in [-0.2, 0) is 0 Å². The lowest BCUT2D eigenvalue weighted by Gasteiger charge is -2.29. The molecule has 386 valence electrons. The predicted molar refractivity (Wildman–Crippen MR) is 295 cm³/mol. The summed E-state index contributed by atoms with van der Waals surface area (Å²) in [5.74, 6) is 0.511. The molecule has 0 bridgehead atoms. The van der Waals surface area contributed by atoms with E-state index in [1.807, 2.05) is 0 Å². The van der Waals surface area contributed by atoms with Crippen LogP contribution in [0.3, 0.4) is 0 Å². The summed E-state index contributed by atoms with van der Waals surface area (Å²) in [5.41, 5.74) is 11.8. The van der Waals surface area contributed by atoms with Crippen molar-refractivity contribution in [3.8, 4) is 0 Å². The predicted octanol–water partition coefficient (Wildman–Crippen LogP) is 15.5. The number of rotatable bonds is 52. The molecule has 66 heavy (non-hydrogen) atoms. The van der Waals surface area contributed by atoms with Gasteiger partial charge in [-0.15, -0.1) is 0 Å². The maximum Gasteiger partial charge on any atom is 0.0789 e. The van der Waals surface area contributed by atoms with Crippen LogP contribution in [-0.4, -0.2) is 84.6 Å². The van der Waals surface area contributed by atoms with E-state index in [1.165, 1.54) is 180 Å². The van der Waals surface area contributed by atoms with Gasteiger partial charge in [-0.2, -0.15) is 0 Å². The van der Waals surface area contributed by atoms with Crippen LogP contribution >= 0.6 is 0 Å². The van der Waals surface area contributed by atoms with Gasteiger partial charge in [0.05, 0.1) is 12.2 Å². The van der Waals surface area contributed by atoms with Gasteiger partial charge in [0, 0.05) is 19.6 Å². The number of hydrogen-bond donors (Lipinski definition) is 4. The lowest BCUT2D eigenvalue weighted by Crippen LogP contribution is -2.39. The van der Waals surface area contributed by atoms with Crippen LogP contribution in [0.15, 0.2) is 72.9 Å². The molecule has 0 aromatic rings. The van der Waals surface area contributed by atoms with Crippen molar-refractivity contribution in [2.24, 2.45) is 17.4 Å². The van der Waals surface area contributed by atoms with E-state index in [-0.39, 0.29) is 0 Å². The smallest absolute Gasteiger partial charge is 0.0789 e. The van der Waals surface area contributed by atoms with E-state index in [1.54, 1.807) is 0 Å². The van der Waals surface area contributed by atoms with Crippen LogP contribution in [0.25, 0.3) is 0 Å². The van der Waals surface area contributed by atoms with E-state index in [9.17, 15) is 10.2 Å². The molecule has 6 heteroatoms. The van der Waals surface area contributed by atoms with Gasteiger partial charge in [0.1, 0.15) is 0 Å². The standard InChI is InChI=1S/C60H114N4O2/c1-4-7-10-13-16-19-22-25-28-31-34-37-40-43-47-58(54-59(65)55-61)48-53-63(49-44-41-38-35-32-29-26-23-20-17-14-11-8-5-2)51-46-52-64(57-60(66)56-62)50-45-42-39-36-33-30-27-24-21-18-15-12-9-6-3/h16-21,25-30,58-60,65-66H,4-15,22-24,31-57,61-62H2,1-3H3/b19-16-,20-17?,21-18-,28-25+,29-26+,30-27-. The van der Waals surface area contributed by atoms with E-state index >= 15 is 0 Å². The van der Waals surface area contributed by atoms with Crippen molar-refractivity contribution >= 4 is 0 Å². The molecule has 0 aromatic heterocycles. The zero-order valence-corrected chi connectivity index (χ0v) is 44.3. The minimum absolute atomic E-state index is 0.319. The van der Waals surface area contributed by atoms with Crippen molar-refractivity contribution in [2.45, 2.75) is 251 Å². The molecule has 3 unspecified atom stereocenters. The van der Waals surface area contributed by atoms with Gasteiger partial charge in [0.15, 0.2) is 0 Å². The molecule has 0 saturated carbocycles. The first kappa shape index (κ1) is 64.2. The fourth-order valence-electron chi connectivity index (χ4n) is 8.75. The SMILES string of the molecule is CCCCCC=CC/C=C/CCCCCCN(CCCN(CCCCCC/C=C\C/C=C\CCCCC)CC(O)CN)CCC(CCCCCC/C=C/C/C=C\CCCCC)CC(O)CN. The quantitative estimate of drug-likeness (QED) is 0.0358. The molecule has 0 rings (SSSR count). The van der Waals surface area contributed by atoms with E-state index in [4.69, 9.17) is 11.5 Å². The number of allylic oxidation sites excluding steroid dienone is 12. The lowest BCUT2D eigenvalue weighted by atomic mass is 9.91. The van der Waals surface area contributed by atoms with E-state index in [0.29, 0.717) is 25.6 Å². The van der Waals surface area contributed by atoms with Crippen molar-refractivity contribution in [3.05, 3.63) is 72.9 Å². The van der Waals surface area contributed by atoms with Crippen molar-refractivity contribution in [2.75, 3.05) is 52.4 Å². The number of aliphatic hydroxyl groups excluding tert-OH is 2. The number of nitrogens with two attached hydrogens (primary N) is 2. The summed E-state index contributed by atoms with van der Waals surface area (Å²) < 4.78 is 0. The Morgan fingerprint density at radius 3 is 1.11 bits per heavy atom. The van der Waals surface area contributed by atoms with Crippen molar-refractivity contribution in [1.82, 2.24) is 9.80 Å². The largest absolute Gasteiger partial charge is 0.392 e. The summed E-state index contributed by atoms with van der Waals surface area (Å²) in [4.78, 5) is 5.19. The normalized spacial score (nSPS) is 14.1. The fourth-order valence-corrected chi connectivity index (χ4v) is 8.75. The maximum atomic E-state index is 10.6. The van der Waals surface area contributed by atoms with Gasteiger partial charge in [-0.3, -0.25) is 0 Å². The van der Waals surface area contributed by atoms with Gasteiger partial charge in [-0.25, -0.2) is 0 Å². The Morgan fingerprint density at radius 2 is 0.697 bits per heavy atom. The minimum Gasteiger partial charge on any atom is -0.392 e. The summed E-state index contributed by atoms with van der Waals surface area (Å²) in [6.07, 6.45) is 68.8. The Hall–Kier alpha value is -1.80. The average molecular weight is 924 g/mol. The minimum atomic E-state index is -0.465. The van der Waals surface area contributed by atoms with Gasteiger partial charge in [-0.05, 0) is 167 Å². The summed E-state index contributed by atoms with van der Waals surface area (Å²) in [6.45, 7) is 13.5. The number of unbranched alkanes of at least 4 members (excludes halogenated alkanes) is 21.